The van der Waals surface area contributed by atoms with Gasteiger partial charge in [-0.05, 0) is 33.6 Å². The van der Waals surface area contributed by atoms with Gasteiger partial charge in [0.05, 0.1) is 5.92 Å². The summed E-state index contributed by atoms with van der Waals surface area (Å²) in [6.45, 7) is 6.26. The van der Waals surface area contributed by atoms with Gasteiger partial charge in [-0.1, -0.05) is 12.8 Å². The van der Waals surface area contributed by atoms with Crippen molar-refractivity contribution >= 4 is 12.1 Å². The molecule has 1 aliphatic rings. The van der Waals surface area contributed by atoms with Gasteiger partial charge in [-0.15, -0.1) is 0 Å². The number of likely N-dealkylation sites (tertiary alicyclic amines) is 1. The molecule has 0 aliphatic carbocycles. The number of amides is 1. The van der Waals surface area contributed by atoms with Gasteiger partial charge in [0.2, 0.25) is 0 Å². The van der Waals surface area contributed by atoms with Crippen LogP contribution in [0.5, 0.6) is 0 Å². The van der Waals surface area contributed by atoms with Gasteiger partial charge in [-0.25, -0.2) is 4.79 Å². The second-order valence-corrected chi connectivity index (χ2v) is 5.81. The normalized spacial score (nSPS) is 21.9. The predicted molar refractivity (Wildman–Crippen MR) is 67.4 cm³/mol. The lowest BCUT2D eigenvalue weighted by Gasteiger charge is -2.30. The van der Waals surface area contributed by atoms with E-state index in [0.29, 0.717) is 13.0 Å². The lowest BCUT2D eigenvalue weighted by Crippen LogP contribution is -2.42. The molecule has 0 spiro atoms. The molecule has 5 nitrogen and oxygen atoms in total. The van der Waals surface area contributed by atoms with Crippen molar-refractivity contribution in [3.05, 3.63) is 0 Å². The summed E-state index contributed by atoms with van der Waals surface area (Å²) in [6, 6.07) is 0. The molecule has 1 amide bonds. The van der Waals surface area contributed by atoms with Gasteiger partial charge in [-0.2, -0.15) is 0 Å². The molecule has 1 N–H and O–H groups in total. The standard InChI is InChI=1S/C13H23NO4/c1-13(2,3)18-12(17)14-8-6-4-5-7-10(9-14)11(15)16/h10H,4-9H2,1-3H3,(H,15,16)/t10-/m1/s1. The first kappa shape index (κ1) is 14.8. The molecule has 0 saturated carbocycles. The van der Waals surface area contributed by atoms with E-state index in [2.05, 4.69) is 0 Å². The van der Waals surface area contributed by atoms with E-state index in [1.54, 1.807) is 0 Å². The smallest absolute Gasteiger partial charge is 0.410 e. The lowest BCUT2D eigenvalue weighted by molar-refractivity contribution is -0.142. The second kappa shape index (κ2) is 6.07. The summed E-state index contributed by atoms with van der Waals surface area (Å²) in [5, 5.41) is 9.11. The van der Waals surface area contributed by atoms with E-state index in [9.17, 15) is 9.59 Å². The summed E-state index contributed by atoms with van der Waals surface area (Å²) in [5.74, 6) is -1.30. The molecular weight excluding hydrogens is 234 g/mol. The van der Waals surface area contributed by atoms with Crippen LogP contribution in [-0.4, -0.2) is 40.8 Å². The molecule has 5 heteroatoms. The van der Waals surface area contributed by atoms with Gasteiger partial charge >= 0.3 is 12.1 Å². The number of aliphatic carboxylic acids is 1. The van der Waals surface area contributed by atoms with E-state index >= 15 is 0 Å². The third-order valence-corrected chi connectivity index (χ3v) is 2.92. The molecule has 1 saturated heterocycles. The highest BCUT2D eigenvalue weighted by atomic mass is 16.6. The average Bonchev–Trinajstić information content (AvgIpc) is 2.12. The fourth-order valence-electron chi connectivity index (χ4n) is 2.01. The van der Waals surface area contributed by atoms with Crippen LogP contribution in [0.3, 0.4) is 0 Å². The molecule has 1 aliphatic heterocycles. The van der Waals surface area contributed by atoms with Gasteiger partial charge in [-0.3, -0.25) is 4.79 Å². The summed E-state index contributed by atoms with van der Waals surface area (Å²) < 4.78 is 5.30. The Morgan fingerprint density at radius 1 is 1.22 bits per heavy atom. The first-order chi connectivity index (χ1) is 8.29. The maximum absolute atomic E-state index is 12.0. The van der Waals surface area contributed by atoms with Crippen molar-refractivity contribution in [3.8, 4) is 0 Å². The predicted octanol–water partition coefficient (Wildman–Crippen LogP) is 2.50. The Morgan fingerprint density at radius 2 is 1.89 bits per heavy atom. The molecule has 0 aromatic carbocycles. The molecule has 0 aromatic rings. The highest BCUT2D eigenvalue weighted by molar-refractivity contribution is 5.72. The number of ether oxygens (including phenoxy) is 1. The van der Waals surface area contributed by atoms with Crippen LogP contribution in [0.25, 0.3) is 0 Å². The van der Waals surface area contributed by atoms with Crippen molar-refractivity contribution in [3.63, 3.8) is 0 Å². The van der Waals surface area contributed by atoms with E-state index < -0.39 is 23.6 Å². The third-order valence-electron chi connectivity index (χ3n) is 2.92. The molecule has 104 valence electrons. The second-order valence-electron chi connectivity index (χ2n) is 5.81. The minimum atomic E-state index is -0.828. The van der Waals surface area contributed by atoms with Crippen LogP contribution in [0.2, 0.25) is 0 Å². The zero-order chi connectivity index (χ0) is 13.8. The zero-order valence-electron chi connectivity index (χ0n) is 11.4. The van der Waals surface area contributed by atoms with Gasteiger partial charge in [0.1, 0.15) is 5.60 Å². The van der Waals surface area contributed by atoms with E-state index in [1.807, 2.05) is 20.8 Å². The molecule has 1 fully saturated rings. The number of carbonyl (C=O) groups is 2. The average molecular weight is 257 g/mol. The number of carboxylic acid groups (broad SMARTS) is 1. The minimum absolute atomic E-state index is 0.254. The van der Waals surface area contributed by atoms with Crippen molar-refractivity contribution < 1.29 is 19.4 Å². The van der Waals surface area contributed by atoms with Crippen LogP contribution in [0.4, 0.5) is 4.79 Å². The Kier molecular flexibility index (Phi) is 4.99. The maximum Gasteiger partial charge on any atom is 0.410 e. The first-order valence-electron chi connectivity index (χ1n) is 6.50. The Labute approximate surface area is 108 Å². The van der Waals surface area contributed by atoms with Gasteiger partial charge in [0.15, 0.2) is 0 Å². The topological polar surface area (TPSA) is 66.8 Å². The maximum atomic E-state index is 12.0. The fourth-order valence-corrected chi connectivity index (χ4v) is 2.01. The number of carbonyl (C=O) groups excluding carboxylic acids is 1. The number of hydrogen-bond donors (Lipinski definition) is 1. The van der Waals surface area contributed by atoms with E-state index in [-0.39, 0.29) is 6.54 Å². The van der Waals surface area contributed by atoms with Gasteiger partial charge in [0, 0.05) is 13.1 Å². The molecule has 0 radical (unpaired) electrons. The van der Waals surface area contributed by atoms with Crippen molar-refractivity contribution in [1.29, 1.82) is 0 Å². The van der Waals surface area contributed by atoms with E-state index in [0.717, 1.165) is 19.3 Å². The van der Waals surface area contributed by atoms with Crippen LogP contribution in [0.1, 0.15) is 46.5 Å². The number of hydrogen-bond acceptors (Lipinski definition) is 3. The highest BCUT2D eigenvalue weighted by Gasteiger charge is 2.28. The van der Waals surface area contributed by atoms with Crippen molar-refractivity contribution in [2.24, 2.45) is 5.92 Å². The SMILES string of the molecule is CC(C)(C)OC(=O)N1CCCCC[C@@H](C(=O)O)C1. The van der Waals surface area contributed by atoms with Crippen molar-refractivity contribution in [2.75, 3.05) is 13.1 Å². The van der Waals surface area contributed by atoms with E-state index in [4.69, 9.17) is 9.84 Å². The molecule has 0 unspecified atom stereocenters. The molecule has 1 atom stereocenters. The highest BCUT2D eigenvalue weighted by Crippen LogP contribution is 2.19. The number of nitrogens with zero attached hydrogens (tertiary/aromatic N) is 1. The summed E-state index contributed by atoms with van der Waals surface area (Å²) in [7, 11) is 0. The van der Waals surface area contributed by atoms with Crippen LogP contribution in [0, 0.1) is 5.92 Å². The van der Waals surface area contributed by atoms with Crippen molar-refractivity contribution in [2.45, 2.75) is 52.1 Å². The minimum Gasteiger partial charge on any atom is -0.481 e. The quantitative estimate of drug-likeness (QED) is 0.783. The van der Waals surface area contributed by atoms with Gasteiger partial charge in [0.25, 0.3) is 0 Å². The van der Waals surface area contributed by atoms with Crippen LogP contribution in [-0.2, 0) is 9.53 Å². The van der Waals surface area contributed by atoms with Crippen molar-refractivity contribution in [1.82, 2.24) is 4.90 Å². The largest absolute Gasteiger partial charge is 0.481 e. The van der Waals surface area contributed by atoms with Crippen LogP contribution >= 0.6 is 0 Å². The first-order valence-corrected chi connectivity index (χ1v) is 6.50. The summed E-state index contributed by atoms with van der Waals surface area (Å²) >= 11 is 0. The van der Waals surface area contributed by atoms with Crippen LogP contribution < -0.4 is 0 Å². The third kappa shape index (κ3) is 4.94. The molecule has 1 heterocycles. The zero-order valence-corrected chi connectivity index (χ0v) is 11.4. The monoisotopic (exact) mass is 257 g/mol. The Bertz CT molecular complexity index is 309. The Morgan fingerprint density at radius 3 is 2.44 bits per heavy atom. The van der Waals surface area contributed by atoms with Gasteiger partial charge < -0.3 is 14.7 Å². The molecule has 0 aromatic heterocycles. The summed E-state index contributed by atoms with van der Waals surface area (Å²) in [5.41, 5.74) is -0.543. The molecule has 18 heavy (non-hydrogen) atoms. The summed E-state index contributed by atoms with van der Waals surface area (Å²) in [6.07, 6.45) is 3.01. The molecule has 1 rings (SSSR count). The number of carboxylic acids is 1. The van der Waals surface area contributed by atoms with E-state index in [1.165, 1.54) is 4.90 Å². The molecular formula is C13H23NO4. The Balaban J connectivity index is 2.65. The fraction of sp³-hybridized carbons (Fsp3) is 0.846. The molecule has 0 bridgehead atoms. The summed E-state index contributed by atoms with van der Waals surface area (Å²) in [4.78, 5) is 24.6. The number of rotatable bonds is 1. The lowest BCUT2D eigenvalue weighted by atomic mass is 9.98. The van der Waals surface area contributed by atoms with Crippen LogP contribution in [0.15, 0.2) is 0 Å². The Hall–Kier alpha value is -1.26.